The zero-order valence-corrected chi connectivity index (χ0v) is 15.0. The van der Waals surface area contributed by atoms with Gasteiger partial charge in [0.15, 0.2) is 5.54 Å². The number of amides is 3. The van der Waals surface area contributed by atoms with E-state index in [0.29, 0.717) is 16.5 Å². The topological polar surface area (TPSA) is 75.4 Å². The Morgan fingerprint density at radius 3 is 2.73 bits per heavy atom. The van der Waals surface area contributed by atoms with Crippen molar-refractivity contribution in [1.82, 2.24) is 15.2 Å². The maximum absolute atomic E-state index is 12.9. The van der Waals surface area contributed by atoms with Gasteiger partial charge in [0.25, 0.3) is 5.91 Å². The lowest BCUT2D eigenvalue weighted by Crippen LogP contribution is -2.40. The number of nitrogens with one attached hydrogen (secondary N) is 1. The molecule has 3 heterocycles. The van der Waals surface area contributed by atoms with E-state index >= 15 is 0 Å². The van der Waals surface area contributed by atoms with E-state index in [1.165, 1.54) is 6.26 Å². The van der Waals surface area contributed by atoms with E-state index in [9.17, 15) is 9.59 Å². The van der Waals surface area contributed by atoms with Gasteiger partial charge in [-0.2, -0.15) is 0 Å². The number of urea groups is 1. The van der Waals surface area contributed by atoms with Crippen LogP contribution in [-0.2, 0) is 16.9 Å². The molecule has 2 aromatic heterocycles. The summed E-state index contributed by atoms with van der Waals surface area (Å²) in [5.74, 6) is -0.0202. The van der Waals surface area contributed by atoms with Crippen LogP contribution in [0.1, 0.15) is 23.9 Å². The molecule has 1 N–H and O–H groups in total. The second kappa shape index (κ2) is 5.85. The number of fused-ring (bicyclic) bond motifs is 1. The Bertz CT molecular complexity index is 1030. The molecule has 4 rings (SSSR count). The average molecular weight is 370 g/mol. The first-order valence-electron chi connectivity index (χ1n) is 8.13. The molecule has 1 fully saturated rings. The summed E-state index contributed by atoms with van der Waals surface area (Å²) in [6.07, 6.45) is 1.47. The molecule has 1 saturated heterocycles. The lowest BCUT2D eigenvalue weighted by atomic mass is 9.99. The highest BCUT2D eigenvalue weighted by molar-refractivity contribution is 6.32. The van der Waals surface area contributed by atoms with Crippen LogP contribution < -0.4 is 5.32 Å². The number of carbonyl (C=O) groups excluding carboxylic acids is 2. The molecule has 0 unspecified atom stereocenters. The molecule has 3 aromatic rings. The summed E-state index contributed by atoms with van der Waals surface area (Å²) in [6.45, 7) is 3.51. The van der Waals surface area contributed by atoms with Crippen LogP contribution in [-0.4, -0.2) is 21.8 Å². The molecule has 7 heteroatoms. The maximum atomic E-state index is 12.9. The Kier molecular flexibility index (Phi) is 3.73. The third-order valence-electron chi connectivity index (χ3n) is 4.74. The summed E-state index contributed by atoms with van der Waals surface area (Å²) < 4.78 is 5.33. The Morgan fingerprint density at radius 2 is 2.00 bits per heavy atom. The zero-order valence-electron chi connectivity index (χ0n) is 14.2. The molecule has 132 valence electrons. The number of para-hydroxylation sites is 1. The van der Waals surface area contributed by atoms with Crippen molar-refractivity contribution in [3.05, 3.63) is 64.7 Å². The SMILES string of the molecule is Cc1c(Cl)c(CN2C(=O)N[C@](C)(c3ccco3)C2=O)nc2ccccc12. The summed E-state index contributed by atoms with van der Waals surface area (Å²) >= 11 is 6.47. The van der Waals surface area contributed by atoms with E-state index in [-0.39, 0.29) is 6.54 Å². The molecule has 0 spiro atoms. The minimum Gasteiger partial charge on any atom is -0.466 e. The minimum absolute atomic E-state index is 0.00846. The van der Waals surface area contributed by atoms with E-state index < -0.39 is 17.5 Å². The average Bonchev–Trinajstić information content (AvgIpc) is 3.24. The fraction of sp³-hybridized carbons (Fsp3) is 0.211. The van der Waals surface area contributed by atoms with Crippen molar-refractivity contribution < 1.29 is 14.0 Å². The number of halogens is 1. The third-order valence-corrected chi connectivity index (χ3v) is 5.24. The molecule has 1 aliphatic heterocycles. The molecule has 26 heavy (non-hydrogen) atoms. The molecule has 1 atom stereocenters. The van der Waals surface area contributed by atoms with E-state index in [2.05, 4.69) is 10.3 Å². The Hall–Kier alpha value is -2.86. The summed E-state index contributed by atoms with van der Waals surface area (Å²) in [6, 6.07) is 10.4. The number of furan rings is 1. The molecule has 3 amide bonds. The summed E-state index contributed by atoms with van der Waals surface area (Å²) in [5.41, 5.74) is 0.882. The second-order valence-corrected chi connectivity index (χ2v) is 6.82. The van der Waals surface area contributed by atoms with Crippen LogP contribution in [0.4, 0.5) is 4.79 Å². The third kappa shape index (κ3) is 2.37. The summed E-state index contributed by atoms with van der Waals surface area (Å²) in [5, 5.41) is 4.09. The number of aryl methyl sites for hydroxylation is 1. The number of carbonyl (C=O) groups is 2. The highest BCUT2D eigenvalue weighted by atomic mass is 35.5. The molecular formula is C19H16ClN3O3. The standard InChI is InChI=1S/C19H16ClN3O3/c1-11-12-6-3-4-7-13(12)21-14(16(11)20)10-23-17(24)19(2,22-18(23)25)15-8-5-9-26-15/h3-9H,10H2,1-2H3,(H,22,25)/t19-/m1/s1. The lowest BCUT2D eigenvalue weighted by molar-refractivity contribution is -0.132. The zero-order chi connectivity index (χ0) is 18.5. The van der Waals surface area contributed by atoms with E-state index in [1.54, 1.807) is 19.1 Å². The normalized spacial score (nSPS) is 20.0. The predicted molar refractivity (Wildman–Crippen MR) is 96.6 cm³/mol. The van der Waals surface area contributed by atoms with Gasteiger partial charge < -0.3 is 9.73 Å². The first-order valence-corrected chi connectivity index (χ1v) is 8.51. The van der Waals surface area contributed by atoms with Crippen molar-refractivity contribution in [3.63, 3.8) is 0 Å². The number of nitrogens with zero attached hydrogens (tertiary/aromatic N) is 2. The van der Waals surface area contributed by atoms with E-state index in [0.717, 1.165) is 21.4 Å². The molecular weight excluding hydrogens is 354 g/mol. The highest BCUT2D eigenvalue weighted by Gasteiger charge is 2.51. The number of aromatic nitrogens is 1. The number of hydrogen-bond acceptors (Lipinski definition) is 4. The molecule has 0 aliphatic carbocycles. The first-order chi connectivity index (χ1) is 12.4. The van der Waals surface area contributed by atoms with Gasteiger partial charge in [-0.3, -0.25) is 9.69 Å². The van der Waals surface area contributed by atoms with Crippen LogP contribution in [0.5, 0.6) is 0 Å². The Balaban J connectivity index is 1.72. The number of benzene rings is 1. The van der Waals surface area contributed by atoms with Gasteiger partial charge >= 0.3 is 6.03 Å². The quantitative estimate of drug-likeness (QED) is 0.713. The Labute approximate surface area is 154 Å². The smallest absolute Gasteiger partial charge is 0.325 e. The van der Waals surface area contributed by atoms with Gasteiger partial charge in [-0.1, -0.05) is 29.8 Å². The monoisotopic (exact) mass is 369 g/mol. The van der Waals surface area contributed by atoms with Crippen molar-refractivity contribution in [2.45, 2.75) is 25.9 Å². The predicted octanol–water partition coefficient (Wildman–Crippen LogP) is 3.76. The van der Waals surface area contributed by atoms with Crippen molar-refractivity contribution in [3.8, 4) is 0 Å². The van der Waals surface area contributed by atoms with Gasteiger partial charge in [0.1, 0.15) is 5.76 Å². The van der Waals surface area contributed by atoms with Gasteiger partial charge in [-0.25, -0.2) is 9.78 Å². The molecule has 1 aromatic carbocycles. The van der Waals surface area contributed by atoms with Crippen LogP contribution in [0.2, 0.25) is 5.02 Å². The van der Waals surface area contributed by atoms with Crippen molar-refractivity contribution >= 4 is 34.4 Å². The Morgan fingerprint density at radius 1 is 1.23 bits per heavy atom. The van der Waals surface area contributed by atoms with Crippen molar-refractivity contribution in [1.29, 1.82) is 0 Å². The summed E-state index contributed by atoms with van der Waals surface area (Å²) in [7, 11) is 0. The largest absolute Gasteiger partial charge is 0.466 e. The van der Waals surface area contributed by atoms with Gasteiger partial charge in [0.2, 0.25) is 0 Å². The van der Waals surface area contributed by atoms with Crippen LogP contribution in [0, 0.1) is 6.92 Å². The number of pyridine rings is 1. The number of rotatable bonds is 3. The lowest BCUT2D eigenvalue weighted by Gasteiger charge is -2.19. The molecule has 0 saturated carbocycles. The van der Waals surface area contributed by atoms with Crippen LogP contribution in [0.15, 0.2) is 47.1 Å². The highest BCUT2D eigenvalue weighted by Crippen LogP contribution is 2.32. The minimum atomic E-state index is -1.24. The second-order valence-electron chi connectivity index (χ2n) is 6.44. The molecule has 6 nitrogen and oxygen atoms in total. The molecule has 0 radical (unpaired) electrons. The summed E-state index contributed by atoms with van der Waals surface area (Å²) in [4.78, 5) is 31.0. The van der Waals surface area contributed by atoms with Crippen LogP contribution >= 0.6 is 11.6 Å². The number of hydrogen-bond donors (Lipinski definition) is 1. The fourth-order valence-electron chi connectivity index (χ4n) is 3.24. The number of imide groups is 1. The molecule has 1 aliphatic rings. The van der Waals surface area contributed by atoms with Crippen molar-refractivity contribution in [2.24, 2.45) is 0 Å². The molecule has 0 bridgehead atoms. The van der Waals surface area contributed by atoms with Gasteiger partial charge in [0, 0.05) is 5.39 Å². The first kappa shape index (κ1) is 16.6. The fourth-order valence-corrected chi connectivity index (χ4v) is 3.45. The van der Waals surface area contributed by atoms with Crippen LogP contribution in [0.3, 0.4) is 0 Å². The van der Waals surface area contributed by atoms with Crippen molar-refractivity contribution in [2.75, 3.05) is 0 Å². The maximum Gasteiger partial charge on any atom is 0.325 e. The van der Waals surface area contributed by atoms with E-state index in [4.69, 9.17) is 16.0 Å². The van der Waals surface area contributed by atoms with Crippen LogP contribution in [0.25, 0.3) is 10.9 Å². The van der Waals surface area contributed by atoms with Gasteiger partial charge in [0.05, 0.1) is 29.0 Å². The van der Waals surface area contributed by atoms with Gasteiger partial charge in [-0.15, -0.1) is 0 Å². The van der Waals surface area contributed by atoms with Gasteiger partial charge in [-0.05, 0) is 37.6 Å². The van der Waals surface area contributed by atoms with E-state index in [1.807, 2.05) is 31.2 Å².